The molecule has 0 saturated carbocycles. The minimum absolute atomic E-state index is 0.153. The van der Waals surface area contributed by atoms with Crippen LogP contribution < -0.4 is 14.4 Å². The summed E-state index contributed by atoms with van der Waals surface area (Å²) in [6, 6.07) is 19.6. The lowest BCUT2D eigenvalue weighted by atomic mass is 9.83. The second kappa shape index (κ2) is 8.67. The highest BCUT2D eigenvalue weighted by Crippen LogP contribution is 2.48. The summed E-state index contributed by atoms with van der Waals surface area (Å²) in [5, 5.41) is 12.5. The van der Waals surface area contributed by atoms with Crippen LogP contribution in [0.25, 0.3) is 6.08 Å². The average Bonchev–Trinajstić information content (AvgIpc) is 3.24. The van der Waals surface area contributed by atoms with Crippen LogP contribution in [-0.4, -0.2) is 43.1 Å². The first-order valence-corrected chi connectivity index (χ1v) is 11.1. The molecular weight excluding hydrogens is 432 g/mol. The summed E-state index contributed by atoms with van der Waals surface area (Å²) in [7, 11) is 3.06. The van der Waals surface area contributed by atoms with Gasteiger partial charge in [-0.1, -0.05) is 66.7 Å². The van der Waals surface area contributed by atoms with Crippen LogP contribution in [0.5, 0.6) is 11.5 Å². The van der Waals surface area contributed by atoms with Crippen molar-refractivity contribution in [3.8, 4) is 11.5 Å². The normalized spacial score (nSPS) is 22.6. The molecule has 0 bridgehead atoms. The van der Waals surface area contributed by atoms with Gasteiger partial charge in [-0.2, -0.15) is 0 Å². The van der Waals surface area contributed by atoms with E-state index in [2.05, 4.69) is 0 Å². The monoisotopic (exact) mass is 456 g/mol. The van der Waals surface area contributed by atoms with Gasteiger partial charge in [0.25, 0.3) is 0 Å². The number of carbonyl (C=O) groups excluding carboxylic acids is 1. The number of Topliss-reactive ketones (excluding diaryl/α,β-unsaturated/α-hetero) is 1. The molecule has 2 aliphatic heterocycles. The van der Waals surface area contributed by atoms with Gasteiger partial charge < -0.3 is 14.4 Å². The second-order valence-corrected chi connectivity index (χ2v) is 8.41. The molecule has 172 valence electrons. The Morgan fingerprint density at radius 3 is 2.35 bits per heavy atom. The Morgan fingerprint density at radius 2 is 1.65 bits per heavy atom. The van der Waals surface area contributed by atoms with Crippen molar-refractivity contribution in [2.75, 3.05) is 19.1 Å². The van der Waals surface area contributed by atoms with E-state index in [1.807, 2.05) is 47.4 Å². The number of para-hydroxylation sites is 1. The highest BCUT2D eigenvalue weighted by atomic mass is 16.6. The lowest BCUT2D eigenvalue weighted by molar-refractivity contribution is -0.524. The van der Waals surface area contributed by atoms with Gasteiger partial charge in [0.05, 0.1) is 20.1 Å². The minimum atomic E-state index is -1.03. The van der Waals surface area contributed by atoms with E-state index in [1.165, 1.54) is 14.2 Å². The van der Waals surface area contributed by atoms with Crippen molar-refractivity contribution >= 4 is 17.5 Å². The average molecular weight is 456 g/mol. The van der Waals surface area contributed by atoms with Crippen LogP contribution in [0, 0.1) is 10.1 Å². The van der Waals surface area contributed by atoms with Crippen molar-refractivity contribution in [2.45, 2.75) is 24.0 Å². The third-order valence-corrected chi connectivity index (χ3v) is 6.73. The number of methoxy groups -OCH3 is 2. The predicted molar refractivity (Wildman–Crippen MR) is 129 cm³/mol. The summed E-state index contributed by atoms with van der Waals surface area (Å²) < 4.78 is 10.8. The van der Waals surface area contributed by atoms with E-state index in [0.717, 1.165) is 11.3 Å². The van der Waals surface area contributed by atoms with E-state index >= 15 is 0 Å². The molecule has 3 aromatic rings. The highest BCUT2D eigenvalue weighted by Gasteiger charge is 2.59. The number of hydrogen-bond donors (Lipinski definition) is 0. The highest BCUT2D eigenvalue weighted by molar-refractivity contribution is 6.04. The Bertz CT molecular complexity index is 1270. The van der Waals surface area contributed by atoms with Crippen molar-refractivity contribution < 1.29 is 19.2 Å². The quantitative estimate of drug-likeness (QED) is 0.306. The van der Waals surface area contributed by atoms with E-state index in [1.54, 1.807) is 42.5 Å². The SMILES string of the molecule is COc1ccc([C@H]2[C@H]([N+](=O)[O-])[C@H]3C=Cc4ccccc4N3[C@H]2C(=O)c2ccccc2)cc1OC. The number of carbonyl (C=O) groups is 1. The van der Waals surface area contributed by atoms with E-state index in [0.29, 0.717) is 22.6 Å². The summed E-state index contributed by atoms with van der Waals surface area (Å²) in [5.41, 5.74) is 2.93. The lowest BCUT2D eigenvalue weighted by Gasteiger charge is -2.34. The standard InChI is InChI=1S/C27H24N2O5/c1-33-22-15-13-19(16-23(22)34-2)24-25(29(31)32)21-14-12-17-8-6-7-11-20(17)28(21)26(24)27(30)18-9-4-3-5-10-18/h3-16,21,24-26H,1-2H3/t21-,24+,25-,26-/m1/s1. The van der Waals surface area contributed by atoms with Crippen LogP contribution in [-0.2, 0) is 0 Å². The Balaban J connectivity index is 1.73. The first-order chi connectivity index (χ1) is 16.5. The number of anilines is 1. The number of nitro groups is 1. The maximum absolute atomic E-state index is 14.0. The molecule has 3 aromatic carbocycles. The smallest absolute Gasteiger partial charge is 0.245 e. The lowest BCUT2D eigenvalue weighted by Crippen LogP contribution is -2.44. The predicted octanol–water partition coefficient (Wildman–Crippen LogP) is 4.60. The molecule has 4 atom stereocenters. The van der Waals surface area contributed by atoms with Crippen molar-refractivity contribution in [3.05, 3.63) is 106 Å². The van der Waals surface area contributed by atoms with Gasteiger partial charge in [0.1, 0.15) is 12.1 Å². The van der Waals surface area contributed by atoms with E-state index in [-0.39, 0.29) is 10.7 Å². The Labute approximate surface area is 197 Å². The molecular formula is C27H24N2O5. The van der Waals surface area contributed by atoms with Gasteiger partial charge in [0.2, 0.25) is 6.04 Å². The zero-order valence-corrected chi connectivity index (χ0v) is 18.8. The van der Waals surface area contributed by atoms with Crippen LogP contribution >= 0.6 is 0 Å². The second-order valence-electron chi connectivity index (χ2n) is 8.41. The maximum Gasteiger partial charge on any atom is 0.245 e. The molecule has 2 heterocycles. The molecule has 0 spiro atoms. The van der Waals surface area contributed by atoms with Gasteiger partial charge in [-0.05, 0) is 29.3 Å². The molecule has 1 saturated heterocycles. The van der Waals surface area contributed by atoms with Crippen LogP contribution in [0.15, 0.2) is 78.9 Å². The van der Waals surface area contributed by atoms with Gasteiger partial charge in [0.15, 0.2) is 17.3 Å². The van der Waals surface area contributed by atoms with Crippen LogP contribution in [0.3, 0.4) is 0 Å². The number of benzene rings is 3. The number of fused-ring (bicyclic) bond motifs is 3. The molecule has 0 radical (unpaired) electrons. The summed E-state index contributed by atoms with van der Waals surface area (Å²) in [6.07, 6.45) is 3.76. The first-order valence-electron chi connectivity index (χ1n) is 11.1. The molecule has 5 rings (SSSR count). The fourth-order valence-corrected chi connectivity index (χ4v) is 5.26. The van der Waals surface area contributed by atoms with Crippen LogP contribution in [0.4, 0.5) is 5.69 Å². The van der Waals surface area contributed by atoms with Gasteiger partial charge in [-0.25, -0.2) is 0 Å². The molecule has 0 amide bonds. The molecule has 0 aliphatic carbocycles. The molecule has 0 aromatic heterocycles. The number of ketones is 1. The molecule has 34 heavy (non-hydrogen) atoms. The van der Waals surface area contributed by atoms with Crippen LogP contribution in [0.1, 0.15) is 27.4 Å². The van der Waals surface area contributed by atoms with Crippen molar-refractivity contribution in [1.82, 2.24) is 0 Å². The summed E-state index contributed by atoms with van der Waals surface area (Å²) in [4.78, 5) is 28.2. The largest absolute Gasteiger partial charge is 0.493 e. The van der Waals surface area contributed by atoms with Gasteiger partial charge in [-0.3, -0.25) is 14.9 Å². The van der Waals surface area contributed by atoms with Gasteiger partial charge in [-0.15, -0.1) is 0 Å². The molecule has 7 nitrogen and oxygen atoms in total. The molecule has 7 heteroatoms. The third-order valence-electron chi connectivity index (χ3n) is 6.73. The van der Waals surface area contributed by atoms with Crippen molar-refractivity contribution in [2.24, 2.45) is 0 Å². The number of ether oxygens (including phenoxy) is 2. The Kier molecular flexibility index (Phi) is 5.53. The topological polar surface area (TPSA) is 81.9 Å². The molecule has 1 fully saturated rings. The first kappa shape index (κ1) is 21.7. The molecule has 0 unspecified atom stereocenters. The Morgan fingerprint density at radius 1 is 0.941 bits per heavy atom. The molecule has 0 N–H and O–H groups in total. The van der Waals surface area contributed by atoms with E-state index in [4.69, 9.17) is 9.47 Å². The fraction of sp³-hybridized carbons (Fsp3) is 0.222. The van der Waals surface area contributed by atoms with E-state index < -0.39 is 24.0 Å². The van der Waals surface area contributed by atoms with Crippen LogP contribution in [0.2, 0.25) is 0 Å². The number of nitrogens with zero attached hydrogens (tertiary/aromatic N) is 2. The maximum atomic E-state index is 14.0. The minimum Gasteiger partial charge on any atom is -0.493 e. The Hall–Kier alpha value is -4.13. The third kappa shape index (κ3) is 3.41. The zero-order chi connectivity index (χ0) is 23.8. The zero-order valence-electron chi connectivity index (χ0n) is 18.8. The number of hydrogen-bond acceptors (Lipinski definition) is 6. The van der Waals surface area contributed by atoms with Crippen molar-refractivity contribution in [1.29, 1.82) is 0 Å². The summed E-state index contributed by atoms with van der Waals surface area (Å²) in [5.74, 6) is 0.132. The van der Waals surface area contributed by atoms with E-state index in [9.17, 15) is 14.9 Å². The molecule has 2 aliphatic rings. The fourth-order valence-electron chi connectivity index (χ4n) is 5.26. The van der Waals surface area contributed by atoms with Gasteiger partial charge >= 0.3 is 0 Å². The summed E-state index contributed by atoms with van der Waals surface area (Å²) >= 11 is 0. The van der Waals surface area contributed by atoms with Crippen molar-refractivity contribution in [3.63, 3.8) is 0 Å². The van der Waals surface area contributed by atoms with Gasteiger partial charge in [0, 0.05) is 16.2 Å². The summed E-state index contributed by atoms with van der Waals surface area (Å²) in [6.45, 7) is 0. The number of rotatable bonds is 6.